The molecular formula is C8H15NO2. The van der Waals surface area contributed by atoms with Crippen LogP contribution in [0.2, 0.25) is 0 Å². The maximum atomic E-state index is 11.0. The van der Waals surface area contributed by atoms with Gasteiger partial charge in [-0.05, 0) is 19.8 Å². The molecule has 0 radical (unpaired) electrons. The number of nitrogens with zero attached hydrogens (tertiary/aromatic N) is 1. The van der Waals surface area contributed by atoms with E-state index < -0.39 is 0 Å². The zero-order chi connectivity index (χ0) is 8.43. The van der Waals surface area contributed by atoms with Gasteiger partial charge in [-0.15, -0.1) is 0 Å². The molecule has 1 aliphatic rings. The zero-order valence-electron chi connectivity index (χ0n) is 7.08. The van der Waals surface area contributed by atoms with Crippen LogP contribution in [0.4, 0.5) is 0 Å². The van der Waals surface area contributed by atoms with Crippen LogP contribution >= 0.6 is 0 Å². The van der Waals surface area contributed by atoms with Crippen molar-refractivity contribution in [3.05, 3.63) is 0 Å². The molecule has 3 nitrogen and oxygen atoms in total. The summed E-state index contributed by atoms with van der Waals surface area (Å²) >= 11 is 0. The van der Waals surface area contributed by atoms with E-state index in [-0.39, 0.29) is 18.6 Å². The lowest BCUT2D eigenvalue weighted by Gasteiger charge is -2.25. The van der Waals surface area contributed by atoms with E-state index in [0.29, 0.717) is 6.04 Å². The van der Waals surface area contributed by atoms with Gasteiger partial charge in [0.2, 0.25) is 5.91 Å². The summed E-state index contributed by atoms with van der Waals surface area (Å²) in [6.45, 7) is 3.69. The molecule has 0 saturated carbocycles. The van der Waals surface area contributed by atoms with Gasteiger partial charge in [-0.1, -0.05) is 0 Å². The maximum absolute atomic E-state index is 11.0. The lowest BCUT2D eigenvalue weighted by atomic mass is 10.2. The summed E-state index contributed by atoms with van der Waals surface area (Å²) in [7, 11) is 0. The highest BCUT2D eigenvalue weighted by Crippen LogP contribution is 2.23. The Morgan fingerprint density at radius 2 is 2.27 bits per heavy atom. The largest absolute Gasteiger partial charge is 0.394 e. The van der Waals surface area contributed by atoms with Gasteiger partial charge in [-0.3, -0.25) is 4.79 Å². The summed E-state index contributed by atoms with van der Waals surface area (Å²) in [5.74, 6) is 0.0778. The fourth-order valence-electron chi connectivity index (χ4n) is 1.82. The SMILES string of the molecule is CC(=O)N1[C@H](CO)CC[C@H]1C. The maximum Gasteiger partial charge on any atom is 0.220 e. The molecule has 1 amide bonds. The van der Waals surface area contributed by atoms with E-state index in [9.17, 15) is 4.79 Å². The van der Waals surface area contributed by atoms with Crippen LogP contribution in [0.15, 0.2) is 0 Å². The summed E-state index contributed by atoms with van der Waals surface area (Å²) < 4.78 is 0. The molecule has 0 aromatic carbocycles. The van der Waals surface area contributed by atoms with E-state index in [0.717, 1.165) is 12.8 Å². The Balaban J connectivity index is 2.63. The third kappa shape index (κ3) is 1.53. The number of hydrogen-bond acceptors (Lipinski definition) is 2. The van der Waals surface area contributed by atoms with Gasteiger partial charge in [0.05, 0.1) is 12.6 Å². The molecular weight excluding hydrogens is 142 g/mol. The highest BCUT2D eigenvalue weighted by atomic mass is 16.3. The lowest BCUT2D eigenvalue weighted by Crippen LogP contribution is -2.40. The van der Waals surface area contributed by atoms with Gasteiger partial charge >= 0.3 is 0 Å². The molecule has 2 atom stereocenters. The van der Waals surface area contributed by atoms with E-state index in [4.69, 9.17) is 5.11 Å². The summed E-state index contributed by atoms with van der Waals surface area (Å²) in [5, 5.41) is 8.91. The Morgan fingerprint density at radius 1 is 1.64 bits per heavy atom. The number of likely N-dealkylation sites (tertiary alicyclic amines) is 1. The van der Waals surface area contributed by atoms with Crippen molar-refractivity contribution in [1.82, 2.24) is 4.90 Å². The molecule has 3 heteroatoms. The summed E-state index contributed by atoms with van der Waals surface area (Å²) in [4.78, 5) is 12.8. The van der Waals surface area contributed by atoms with Crippen LogP contribution in [0.3, 0.4) is 0 Å². The van der Waals surface area contributed by atoms with Gasteiger partial charge < -0.3 is 10.0 Å². The minimum absolute atomic E-state index is 0.0718. The van der Waals surface area contributed by atoms with Crippen LogP contribution in [0, 0.1) is 0 Å². The molecule has 1 heterocycles. The third-order valence-corrected chi connectivity index (χ3v) is 2.36. The second-order valence-corrected chi connectivity index (χ2v) is 3.19. The van der Waals surface area contributed by atoms with Gasteiger partial charge in [0.1, 0.15) is 0 Å². The van der Waals surface area contributed by atoms with Gasteiger partial charge in [-0.2, -0.15) is 0 Å². The molecule has 0 aromatic rings. The molecule has 1 aliphatic heterocycles. The predicted molar refractivity (Wildman–Crippen MR) is 42.1 cm³/mol. The van der Waals surface area contributed by atoms with Crippen LogP contribution in [0.25, 0.3) is 0 Å². The molecule has 0 bridgehead atoms. The number of hydrogen-bond donors (Lipinski definition) is 1. The monoisotopic (exact) mass is 157 g/mol. The van der Waals surface area contributed by atoms with Gasteiger partial charge in [-0.25, -0.2) is 0 Å². The fraction of sp³-hybridized carbons (Fsp3) is 0.875. The second-order valence-electron chi connectivity index (χ2n) is 3.19. The first-order chi connectivity index (χ1) is 5.16. The first kappa shape index (κ1) is 8.53. The number of carbonyl (C=O) groups excluding carboxylic acids is 1. The summed E-state index contributed by atoms with van der Waals surface area (Å²) in [5.41, 5.74) is 0. The molecule has 0 unspecified atom stereocenters. The van der Waals surface area contributed by atoms with E-state index in [1.54, 1.807) is 11.8 Å². The normalized spacial score (nSPS) is 31.0. The van der Waals surface area contributed by atoms with Crippen LogP contribution in [0.1, 0.15) is 26.7 Å². The first-order valence-corrected chi connectivity index (χ1v) is 4.06. The second kappa shape index (κ2) is 3.22. The lowest BCUT2D eigenvalue weighted by molar-refractivity contribution is -0.132. The van der Waals surface area contributed by atoms with Crippen LogP contribution < -0.4 is 0 Å². The number of rotatable bonds is 1. The van der Waals surface area contributed by atoms with Gasteiger partial charge in [0, 0.05) is 13.0 Å². The van der Waals surface area contributed by atoms with E-state index >= 15 is 0 Å². The minimum Gasteiger partial charge on any atom is -0.394 e. The van der Waals surface area contributed by atoms with Gasteiger partial charge in [0.15, 0.2) is 0 Å². The van der Waals surface area contributed by atoms with Crippen molar-refractivity contribution in [1.29, 1.82) is 0 Å². The Hall–Kier alpha value is -0.570. The molecule has 0 aliphatic carbocycles. The van der Waals surface area contributed by atoms with Crippen LogP contribution in [-0.4, -0.2) is 34.6 Å². The minimum atomic E-state index is 0.0718. The topological polar surface area (TPSA) is 40.5 Å². The Kier molecular flexibility index (Phi) is 2.49. The van der Waals surface area contributed by atoms with Crippen molar-refractivity contribution >= 4 is 5.91 Å². The highest BCUT2D eigenvalue weighted by molar-refractivity contribution is 5.74. The van der Waals surface area contributed by atoms with Crippen molar-refractivity contribution in [2.24, 2.45) is 0 Å². The third-order valence-electron chi connectivity index (χ3n) is 2.36. The molecule has 0 spiro atoms. The van der Waals surface area contributed by atoms with Crippen molar-refractivity contribution in [3.8, 4) is 0 Å². The molecule has 1 N–H and O–H groups in total. The van der Waals surface area contributed by atoms with Crippen molar-refractivity contribution in [3.63, 3.8) is 0 Å². The average molecular weight is 157 g/mol. The van der Waals surface area contributed by atoms with Crippen molar-refractivity contribution in [2.75, 3.05) is 6.61 Å². The molecule has 11 heavy (non-hydrogen) atoms. The smallest absolute Gasteiger partial charge is 0.220 e. The van der Waals surface area contributed by atoms with Crippen molar-refractivity contribution < 1.29 is 9.90 Å². The number of aliphatic hydroxyl groups is 1. The van der Waals surface area contributed by atoms with Crippen molar-refractivity contribution in [2.45, 2.75) is 38.8 Å². The zero-order valence-corrected chi connectivity index (χ0v) is 7.08. The standard InChI is InChI=1S/C8H15NO2/c1-6-3-4-8(5-10)9(6)7(2)11/h6,8,10H,3-5H2,1-2H3/t6-,8+/m1/s1. The molecule has 1 fully saturated rings. The summed E-state index contributed by atoms with van der Waals surface area (Å²) in [6, 6.07) is 0.382. The Labute approximate surface area is 67.0 Å². The van der Waals surface area contributed by atoms with Crippen LogP contribution in [0.5, 0.6) is 0 Å². The molecule has 64 valence electrons. The van der Waals surface area contributed by atoms with Gasteiger partial charge in [0.25, 0.3) is 0 Å². The van der Waals surface area contributed by atoms with Crippen LogP contribution in [-0.2, 0) is 4.79 Å². The molecule has 1 saturated heterocycles. The number of amides is 1. The molecule has 0 aromatic heterocycles. The molecule has 1 rings (SSSR count). The Bertz CT molecular complexity index is 158. The van der Waals surface area contributed by atoms with E-state index in [1.807, 2.05) is 6.92 Å². The average Bonchev–Trinajstić information content (AvgIpc) is 2.30. The Morgan fingerprint density at radius 3 is 2.64 bits per heavy atom. The fourth-order valence-corrected chi connectivity index (χ4v) is 1.82. The van der Waals surface area contributed by atoms with E-state index in [1.165, 1.54) is 0 Å². The first-order valence-electron chi connectivity index (χ1n) is 4.06. The number of carbonyl (C=O) groups is 1. The summed E-state index contributed by atoms with van der Waals surface area (Å²) in [6.07, 6.45) is 1.96. The number of aliphatic hydroxyl groups excluding tert-OH is 1. The quantitative estimate of drug-likeness (QED) is 0.597. The predicted octanol–water partition coefficient (Wildman–Crippen LogP) is 0.378. The van der Waals surface area contributed by atoms with E-state index in [2.05, 4.69) is 0 Å². The highest BCUT2D eigenvalue weighted by Gasteiger charge is 2.31.